The zero-order chi connectivity index (χ0) is 18.9. The van der Waals surface area contributed by atoms with Crippen molar-refractivity contribution in [2.75, 3.05) is 23.4 Å². The Labute approximate surface area is 151 Å². The summed E-state index contributed by atoms with van der Waals surface area (Å²) in [6, 6.07) is 9.72. The SMILES string of the molecule is O=C(CN1C(=O)COc2ccccc21)Nc1ccc(Cl)c(C(F)(F)F)c1. The van der Waals surface area contributed by atoms with Crippen molar-refractivity contribution in [3.63, 3.8) is 0 Å². The maximum atomic E-state index is 12.9. The summed E-state index contributed by atoms with van der Waals surface area (Å²) in [5, 5.41) is 1.88. The van der Waals surface area contributed by atoms with Gasteiger partial charge in [-0.15, -0.1) is 0 Å². The zero-order valence-electron chi connectivity index (χ0n) is 13.1. The molecule has 0 atom stereocenters. The van der Waals surface area contributed by atoms with E-state index < -0.39 is 28.6 Å². The van der Waals surface area contributed by atoms with Crippen LogP contribution in [0.5, 0.6) is 5.75 Å². The molecule has 136 valence electrons. The molecule has 0 saturated carbocycles. The van der Waals surface area contributed by atoms with Crippen LogP contribution in [0.1, 0.15) is 5.56 Å². The van der Waals surface area contributed by atoms with E-state index in [0.29, 0.717) is 11.4 Å². The third-order valence-electron chi connectivity index (χ3n) is 3.67. The van der Waals surface area contributed by atoms with E-state index in [4.69, 9.17) is 16.3 Å². The molecule has 0 saturated heterocycles. The Morgan fingerprint density at radius 1 is 1.23 bits per heavy atom. The van der Waals surface area contributed by atoms with Crippen LogP contribution < -0.4 is 15.0 Å². The second-order valence-corrected chi connectivity index (χ2v) is 5.88. The number of nitrogens with one attached hydrogen (secondary N) is 1. The third kappa shape index (κ3) is 3.75. The van der Waals surface area contributed by atoms with Crippen LogP contribution in [0.15, 0.2) is 42.5 Å². The van der Waals surface area contributed by atoms with E-state index in [-0.39, 0.29) is 18.8 Å². The van der Waals surface area contributed by atoms with Crippen molar-refractivity contribution in [2.45, 2.75) is 6.18 Å². The first-order valence-electron chi connectivity index (χ1n) is 7.44. The number of amides is 2. The van der Waals surface area contributed by atoms with Crippen molar-refractivity contribution >= 4 is 34.8 Å². The highest BCUT2D eigenvalue weighted by atomic mass is 35.5. The van der Waals surface area contributed by atoms with Gasteiger partial charge in [0.15, 0.2) is 6.61 Å². The number of benzene rings is 2. The first kappa shape index (κ1) is 18.1. The van der Waals surface area contributed by atoms with E-state index in [1.165, 1.54) is 11.0 Å². The number of halogens is 4. The van der Waals surface area contributed by atoms with Crippen molar-refractivity contribution in [1.82, 2.24) is 0 Å². The molecule has 2 aromatic carbocycles. The Morgan fingerprint density at radius 3 is 2.69 bits per heavy atom. The van der Waals surface area contributed by atoms with Gasteiger partial charge in [-0.05, 0) is 30.3 Å². The van der Waals surface area contributed by atoms with E-state index in [0.717, 1.165) is 12.1 Å². The second-order valence-electron chi connectivity index (χ2n) is 5.48. The number of nitrogens with zero attached hydrogens (tertiary/aromatic N) is 1. The van der Waals surface area contributed by atoms with Crippen LogP contribution in [0.4, 0.5) is 24.5 Å². The van der Waals surface area contributed by atoms with E-state index in [1.807, 2.05) is 0 Å². The van der Waals surface area contributed by atoms with Crippen molar-refractivity contribution in [3.8, 4) is 5.75 Å². The van der Waals surface area contributed by atoms with Gasteiger partial charge in [0.25, 0.3) is 5.91 Å². The van der Waals surface area contributed by atoms with Crippen molar-refractivity contribution < 1.29 is 27.5 Å². The minimum absolute atomic E-state index is 0.0688. The van der Waals surface area contributed by atoms with Crippen LogP contribution in [0.2, 0.25) is 5.02 Å². The summed E-state index contributed by atoms with van der Waals surface area (Å²) in [5.74, 6) is -0.623. The predicted molar refractivity (Wildman–Crippen MR) is 89.4 cm³/mol. The van der Waals surface area contributed by atoms with Crippen LogP contribution in [-0.2, 0) is 15.8 Å². The molecule has 0 aliphatic carbocycles. The Balaban J connectivity index is 1.77. The maximum absolute atomic E-state index is 12.9. The van der Waals surface area contributed by atoms with Gasteiger partial charge in [-0.1, -0.05) is 23.7 Å². The summed E-state index contributed by atoms with van der Waals surface area (Å²) in [4.78, 5) is 25.5. The van der Waals surface area contributed by atoms with Gasteiger partial charge in [0.1, 0.15) is 12.3 Å². The molecule has 1 aliphatic rings. The quantitative estimate of drug-likeness (QED) is 0.877. The van der Waals surface area contributed by atoms with E-state index in [2.05, 4.69) is 5.32 Å². The number of ether oxygens (including phenoxy) is 1. The minimum Gasteiger partial charge on any atom is -0.482 e. The fraction of sp³-hybridized carbons (Fsp3) is 0.176. The lowest BCUT2D eigenvalue weighted by Gasteiger charge is -2.28. The van der Waals surface area contributed by atoms with Gasteiger partial charge in [-0.2, -0.15) is 13.2 Å². The summed E-state index contributed by atoms with van der Waals surface area (Å²) in [5.41, 5.74) is -0.698. The van der Waals surface area contributed by atoms with Crippen LogP contribution in [0.25, 0.3) is 0 Å². The van der Waals surface area contributed by atoms with E-state index in [9.17, 15) is 22.8 Å². The number of alkyl halides is 3. The smallest absolute Gasteiger partial charge is 0.417 e. The van der Waals surface area contributed by atoms with Gasteiger partial charge in [-0.3, -0.25) is 14.5 Å². The molecule has 9 heteroatoms. The van der Waals surface area contributed by atoms with Gasteiger partial charge >= 0.3 is 6.18 Å². The summed E-state index contributed by atoms with van der Waals surface area (Å²) in [6.07, 6.45) is -4.64. The standard InChI is InChI=1S/C17H12ClF3N2O3/c18-12-6-5-10(7-11(12)17(19,20)21)22-15(24)8-23-13-3-1-2-4-14(13)26-9-16(23)25/h1-7H,8-9H2,(H,22,24). The Morgan fingerprint density at radius 2 is 1.96 bits per heavy atom. The molecule has 5 nitrogen and oxygen atoms in total. The number of fused-ring (bicyclic) bond motifs is 1. The number of carbonyl (C=O) groups is 2. The number of anilines is 2. The van der Waals surface area contributed by atoms with Gasteiger partial charge in [-0.25, -0.2) is 0 Å². The summed E-state index contributed by atoms with van der Waals surface area (Å²) in [6.45, 7) is -0.577. The number of rotatable bonds is 3. The highest BCUT2D eigenvalue weighted by Gasteiger charge is 2.33. The molecular formula is C17H12ClF3N2O3. The molecule has 2 amide bonds. The van der Waals surface area contributed by atoms with Crippen LogP contribution in [-0.4, -0.2) is 25.0 Å². The third-order valence-corrected chi connectivity index (χ3v) is 4.00. The first-order chi connectivity index (χ1) is 12.3. The Hall–Kier alpha value is -2.74. The minimum atomic E-state index is -4.64. The lowest BCUT2D eigenvalue weighted by molar-refractivity contribution is -0.137. The highest BCUT2D eigenvalue weighted by Crippen LogP contribution is 2.36. The van der Waals surface area contributed by atoms with Crippen molar-refractivity contribution in [3.05, 3.63) is 53.1 Å². The summed E-state index contributed by atoms with van der Waals surface area (Å²) >= 11 is 5.55. The molecule has 0 fully saturated rings. The van der Waals surface area contributed by atoms with Gasteiger partial charge in [0.2, 0.25) is 5.91 Å². The van der Waals surface area contributed by atoms with Crippen LogP contribution in [0.3, 0.4) is 0 Å². The lowest BCUT2D eigenvalue weighted by atomic mass is 10.2. The van der Waals surface area contributed by atoms with Gasteiger partial charge in [0, 0.05) is 5.69 Å². The maximum Gasteiger partial charge on any atom is 0.417 e. The average molecular weight is 385 g/mol. The number of hydrogen-bond acceptors (Lipinski definition) is 3. The van der Waals surface area contributed by atoms with Crippen molar-refractivity contribution in [2.24, 2.45) is 0 Å². The molecule has 0 aromatic heterocycles. The highest BCUT2D eigenvalue weighted by molar-refractivity contribution is 6.31. The Bertz CT molecular complexity index is 871. The van der Waals surface area contributed by atoms with E-state index in [1.54, 1.807) is 24.3 Å². The molecule has 0 bridgehead atoms. The Kier molecular flexibility index (Phi) is 4.78. The molecule has 0 spiro atoms. The number of para-hydroxylation sites is 2. The molecular weight excluding hydrogens is 373 g/mol. The topological polar surface area (TPSA) is 58.6 Å². The first-order valence-corrected chi connectivity index (χ1v) is 7.82. The van der Waals surface area contributed by atoms with Crippen LogP contribution in [0, 0.1) is 0 Å². The fourth-order valence-electron chi connectivity index (χ4n) is 2.49. The molecule has 26 heavy (non-hydrogen) atoms. The van der Waals surface area contributed by atoms with Gasteiger partial charge < -0.3 is 10.1 Å². The summed E-state index contributed by atoms with van der Waals surface area (Å²) in [7, 11) is 0. The average Bonchev–Trinajstić information content (AvgIpc) is 2.58. The van der Waals surface area contributed by atoms with Gasteiger partial charge in [0.05, 0.1) is 16.3 Å². The monoisotopic (exact) mass is 384 g/mol. The molecule has 1 N–H and O–H groups in total. The second kappa shape index (κ2) is 6.87. The molecule has 0 unspecified atom stereocenters. The number of carbonyl (C=O) groups excluding carboxylic acids is 2. The molecule has 3 rings (SSSR count). The normalized spacial score (nSPS) is 13.8. The van der Waals surface area contributed by atoms with E-state index >= 15 is 0 Å². The van der Waals surface area contributed by atoms with Crippen molar-refractivity contribution in [1.29, 1.82) is 0 Å². The fourth-order valence-corrected chi connectivity index (χ4v) is 2.72. The molecule has 2 aromatic rings. The largest absolute Gasteiger partial charge is 0.482 e. The lowest BCUT2D eigenvalue weighted by Crippen LogP contribution is -2.43. The number of hydrogen-bond donors (Lipinski definition) is 1. The molecule has 1 heterocycles. The zero-order valence-corrected chi connectivity index (χ0v) is 13.9. The predicted octanol–water partition coefficient (Wildman–Crippen LogP) is 3.72. The van der Waals surface area contributed by atoms with Crippen LogP contribution >= 0.6 is 11.6 Å². The summed E-state index contributed by atoms with van der Waals surface area (Å²) < 4.78 is 43.9. The molecule has 1 aliphatic heterocycles. The molecule has 0 radical (unpaired) electrons.